The summed E-state index contributed by atoms with van der Waals surface area (Å²) in [7, 11) is 0.999. The Labute approximate surface area is 171 Å². The lowest BCUT2D eigenvalue weighted by Gasteiger charge is -2.19. The van der Waals surface area contributed by atoms with Gasteiger partial charge in [0.2, 0.25) is 10.0 Å². The number of rotatable bonds is 8. The Morgan fingerprint density at radius 2 is 1.52 bits per heavy atom. The van der Waals surface area contributed by atoms with Crippen LogP contribution in [0.1, 0.15) is 24.9 Å². The molecule has 3 aromatic rings. The van der Waals surface area contributed by atoms with Crippen molar-refractivity contribution in [2.45, 2.75) is 24.3 Å². The highest BCUT2D eigenvalue weighted by Gasteiger charge is 2.22. The molecule has 0 aliphatic carbocycles. The van der Waals surface area contributed by atoms with E-state index in [2.05, 4.69) is 4.72 Å². The van der Waals surface area contributed by atoms with Crippen molar-refractivity contribution < 1.29 is 22.6 Å². The van der Waals surface area contributed by atoms with Gasteiger partial charge in [0.05, 0.1) is 26.2 Å². The van der Waals surface area contributed by atoms with Gasteiger partial charge in [0, 0.05) is 6.04 Å². The fourth-order valence-electron chi connectivity index (χ4n) is 3.21. The minimum Gasteiger partial charge on any atom is -0.497 e. The van der Waals surface area contributed by atoms with Crippen LogP contribution < -0.4 is 18.9 Å². The summed E-state index contributed by atoms with van der Waals surface area (Å²) in [6, 6.07) is 15.6. The molecule has 7 heteroatoms. The van der Waals surface area contributed by atoms with E-state index in [9.17, 15) is 8.42 Å². The lowest BCUT2D eigenvalue weighted by molar-refractivity contribution is 0.354. The van der Waals surface area contributed by atoms with Crippen molar-refractivity contribution in [3.8, 4) is 17.2 Å². The van der Waals surface area contributed by atoms with Crippen molar-refractivity contribution >= 4 is 20.8 Å². The molecule has 0 amide bonds. The predicted molar refractivity (Wildman–Crippen MR) is 113 cm³/mol. The van der Waals surface area contributed by atoms with Gasteiger partial charge >= 0.3 is 0 Å². The van der Waals surface area contributed by atoms with Crippen molar-refractivity contribution in [2.75, 3.05) is 21.3 Å². The minimum atomic E-state index is -3.72. The number of fused-ring (bicyclic) bond motifs is 1. The number of ether oxygens (including phenoxy) is 3. The van der Waals surface area contributed by atoms with E-state index in [4.69, 9.17) is 14.2 Å². The third-order valence-corrected chi connectivity index (χ3v) is 6.31. The average molecular weight is 416 g/mol. The lowest BCUT2D eigenvalue weighted by Crippen LogP contribution is -2.28. The molecule has 1 N–H and O–H groups in total. The molecular weight excluding hydrogens is 390 g/mol. The molecule has 0 saturated heterocycles. The van der Waals surface area contributed by atoms with Gasteiger partial charge < -0.3 is 14.2 Å². The van der Waals surface area contributed by atoms with E-state index in [1.54, 1.807) is 51.7 Å². The number of sulfonamides is 1. The summed E-state index contributed by atoms with van der Waals surface area (Å²) in [4.78, 5) is 0.217. The highest BCUT2D eigenvalue weighted by atomic mass is 32.2. The fourth-order valence-corrected chi connectivity index (χ4v) is 4.55. The summed E-state index contributed by atoms with van der Waals surface area (Å²) in [5, 5.41) is 1.74. The largest absolute Gasteiger partial charge is 0.497 e. The number of benzene rings is 3. The molecule has 1 unspecified atom stereocenters. The van der Waals surface area contributed by atoms with E-state index in [0.717, 1.165) is 22.1 Å². The van der Waals surface area contributed by atoms with Crippen LogP contribution >= 0.6 is 0 Å². The predicted octanol–water partition coefficient (Wildman–Crippen LogP) is 4.30. The summed E-state index contributed by atoms with van der Waals surface area (Å²) in [5.74, 6) is 1.88. The SMILES string of the molecule is CCC(NS(=O)(=O)c1ccc2cc(OC)ccc2c1)c1ccc(OC)c(OC)c1. The Morgan fingerprint density at radius 3 is 2.17 bits per heavy atom. The number of hydrogen-bond donors (Lipinski definition) is 1. The normalized spacial score (nSPS) is 12.6. The molecule has 0 aromatic heterocycles. The molecule has 1 atom stereocenters. The van der Waals surface area contributed by atoms with Gasteiger partial charge in [0.1, 0.15) is 5.75 Å². The maximum Gasteiger partial charge on any atom is 0.241 e. The average Bonchev–Trinajstić information content (AvgIpc) is 2.76. The van der Waals surface area contributed by atoms with Crippen LogP contribution in [0.5, 0.6) is 17.2 Å². The summed E-state index contributed by atoms with van der Waals surface area (Å²) >= 11 is 0. The molecule has 3 aromatic carbocycles. The smallest absolute Gasteiger partial charge is 0.241 e. The van der Waals surface area contributed by atoms with E-state index in [1.807, 2.05) is 31.2 Å². The standard InChI is InChI=1S/C22H25NO5S/c1-5-20(17-8-11-21(27-3)22(14-17)28-4)23-29(24,25)19-10-7-15-12-18(26-2)9-6-16(15)13-19/h6-14,20,23H,5H2,1-4H3. The second-order valence-electron chi connectivity index (χ2n) is 6.57. The summed E-state index contributed by atoms with van der Waals surface area (Å²) in [6.45, 7) is 1.93. The topological polar surface area (TPSA) is 73.9 Å². The second-order valence-corrected chi connectivity index (χ2v) is 8.29. The molecule has 0 heterocycles. The highest BCUT2D eigenvalue weighted by molar-refractivity contribution is 7.89. The van der Waals surface area contributed by atoms with Gasteiger partial charge in [-0.25, -0.2) is 13.1 Å². The molecule has 29 heavy (non-hydrogen) atoms. The van der Waals surface area contributed by atoms with Gasteiger partial charge in [0.15, 0.2) is 11.5 Å². The third kappa shape index (κ3) is 4.46. The van der Waals surface area contributed by atoms with Gasteiger partial charge in [-0.1, -0.05) is 25.1 Å². The molecule has 0 fully saturated rings. The first-order valence-electron chi connectivity index (χ1n) is 9.24. The van der Waals surface area contributed by atoms with E-state index in [1.165, 1.54) is 0 Å². The molecule has 154 valence electrons. The fraction of sp³-hybridized carbons (Fsp3) is 0.273. The summed E-state index contributed by atoms with van der Waals surface area (Å²) in [5.41, 5.74) is 0.805. The van der Waals surface area contributed by atoms with Crippen molar-refractivity contribution in [3.63, 3.8) is 0 Å². The molecule has 0 saturated carbocycles. The molecule has 3 rings (SSSR count). The first-order valence-corrected chi connectivity index (χ1v) is 10.7. The summed E-state index contributed by atoms with van der Waals surface area (Å²) < 4.78 is 44.7. The zero-order chi connectivity index (χ0) is 21.0. The third-order valence-electron chi connectivity index (χ3n) is 4.84. The Balaban J connectivity index is 1.91. The summed E-state index contributed by atoms with van der Waals surface area (Å²) in [6.07, 6.45) is 0.583. The van der Waals surface area contributed by atoms with Crippen molar-refractivity contribution in [3.05, 3.63) is 60.2 Å². The van der Waals surface area contributed by atoms with E-state index in [0.29, 0.717) is 17.9 Å². The van der Waals surface area contributed by atoms with E-state index in [-0.39, 0.29) is 4.90 Å². The van der Waals surface area contributed by atoms with Crippen molar-refractivity contribution in [1.29, 1.82) is 0 Å². The lowest BCUT2D eigenvalue weighted by atomic mass is 10.1. The Bertz CT molecular complexity index is 1110. The van der Waals surface area contributed by atoms with Gasteiger partial charge in [-0.2, -0.15) is 0 Å². The Morgan fingerprint density at radius 1 is 0.828 bits per heavy atom. The van der Waals surface area contributed by atoms with E-state index >= 15 is 0 Å². The van der Waals surface area contributed by atoms with Crippen LogP contribution in [0.3, 0.4) is 0 Å². The molecule has 0 bridgehead atoms. The number of methoxy groups -OCH3 is 3. The first-order chi connectivity index (χ1) is 13.9. The van der Waals surface area contributed by atoms with Gasteiger partial charge in [-0.05, 0) is 59.2 Å². The molecule has 6 nitrogen and oxygen atoms in total. The van der Waals surface area contributed by atoms with Crippen molar-refractivity contribution in [1.82, 2.24) is 4.72 Å². The van der Waals surface area contributed by atoms with Gasteiger partial charge in [-0.3, -0.25) is 0 Å². The van der Waals surface area contributed by atoms with Crippen molar-refractivity contribution in [2.24, 2.45) is 0 Å². The maximum atomic E-state index is 13.0. The molecule has 0 radical (unpaired) electrons. The first kappa shape index (κ1) is 21.0. The Kier molecular flexibility index (Phi) is 6.30. The molecule has 0 spiro atoms. The molecule has 0 aliphatic rings. The van der Waals surface area contributed by atoms with E-state index < -0.39 is 16.1 Å². The van der Waals surface area contributed by atoms with Crippen LogP contribution in [0.2, 0.25) is 0 Å². The van der Waals surface area contributed by atoms with Crippen LogP contribution in [0.25, 0.3) is 10.8 Å². The molecule has 0 aliphatic heterocycles. The van der Waals surface area contributed by atoms with Gasteiger partial charge in [0.25, 0.3) is 0 Å². The van der Waals surface area contributed by atoms with Crippen LogP contribution in [-0.4, -0.2) is 29.7 Å². The van der Waals surface area contributed by atoms with Crippen LogP contribution in [0, 0.1) is 0 Å². The van der Waals surface area contributed by atoms with Gasteiger partial charge in [-0.15, -0.1) is 0 Å². The van der Waals surface area contributed by atoms with Crippen LogP contribution in [0.4, 0.5) is 0 Å². The monoisotopic (exact) mass is 415 g/mol. The quantitative estimate of drug-likeness (QED) is 0.594. The van der Waals surface area contributed by atoms with Crippen LogP contribution in [0.15, 0.2) is 59.5 Å². The second kappa shape index (κ2) is 8.71. The Hall–Kier alpha value is -2.77. The number of hydrogen-bond acceptors (Lipinski definition) is 5. The van der Waals surface area contributed by atoms with Crippen LogP contribution in [-0.2, 0) is 10.0 Å². The maximum absolute atomic E-state index is 13.0. The number of nitrogens with one attached hydrogen (secondary N) is 1. The highest BCUT2D eigenvalue weighted by Crippen LogP contribution is 2.32. The zero-order valence-electron chi connectivity index (χ0n) is 16.9. The minimum absolute atomic E-state index is 0.217. The molecular formula is C22H25NO5S. The zero-order valence-corrected chi connectivity index (χ0v) is 17.7.